The van der Waals surface area contributed by atoms with Crippen LogP contribution >= 0.6 is 11.3 Å². The summed E-state index contributed by atoms with van der Waals surface area (Å²) in [6.07, 6.45) is 0.819. The van der Waals surface area contributed by atoms with Crippen LogP contribution in [0.2, 0.25) is 0 Å². The molecule has 17 heavy (non-hydrogen) atoms. The molecule has 0 aliphatic carbocycles. The molecular formula is C9H12N4O2S2. The number of anilines is 1. The van der Waals surface area contributed by atoms with Crippen molar-refractivity contribution in [3.63, 3.8) is 0 Å². The van der Waals surface area contributed by atoms with Gasteiger partial charge in [-0.05, 0) is 25.5 Å². The molecule has 0 aliphatic heterocycles. The van der Waals surface area contributed by atoms with E-state index in [1.807, 2.05) is 13.0 Å². The Morgan fingerprint density at radius 1 is 1.47 bits per heavy atom. The SMILES string of the molecule is CCc1ccc(S(=O)(=O)Nc2n[nH]c(C)n2)s1. The van der Waals surface area contributed by atoms with Crippen LogP contribution in [0, 0.1) is 6.92 Å². The van der Waals surface area contributed by atoms with Gasteiger partial charge in [0.05, 0.1) is 0 Å². The molecule has 8 heteroatoms. The van der Waals surface area contributed by atoms with Crippen molar-refractivity contribution in [2.24, 2.45) is 0 Å². The summed E-state index contributed by atoms with van der Waals surface area (Å²) in [6, 6.07) is 3.40. The van der Waals surface area contributed by atoms with Gasteiger partial charge in [0.2, 0.25) is 0 Å². The molecule has 0 fully saturated rings. The lowest BCUT2D eigenvalue weighted by atomic mass is 10.4. The lowest BCUT2D eigenvalue weighted by molar-refractivity contribution is 0.603. The van der Waals surface area contributed by atoms with Crippen LogP contribution in [0.15, 0.2) is 16.3 Å². The molecule has 92 valence electrons. The molecule has 2 heterocycles. The first-order valence-electron chi connectivity index (χ1n) is 5.02. The Kier molecular flexibility index (Phi) is 3.16. The van der Waals surface area contributed by atoms with E-state index in [1.165, 1.54) is 11.3 Å². The molecule has 0 bridgehead atoms. The summed E-state index contributed by atoms with van der Waals surface area (Å²) in [5.41, 5.74) is 0. The molecule has 2 aromatic heterocycles. The largest absolute Gasteiger partial charge is 0.273 e. The van der Waals surface area contributed by atoms with Crippen LogP contribution in [0.5, 0.6) is 0 Å². The number of H-pyrrole nitrogens is 1. The lowest BCUT2D eigenvalue weighted by Crippen LogP contribution is -2.12. The van der Waals surface area contributed by atoms with Crippen LogP contribution < -0.4 is 4.72 Å². The zero-order chi connectivity index (χ0) is 12.5. The number of hydrogen-bond donors (Lipinski definition) is 2. The number of nitrogens with zero attached hydrogens (tertiary/aromatic N) is 2. The predicted molar refractivity (Wildman–Crippen MR) is 65.6 cm³/mol. The predicted octanol–water partition coefficient (Wildman–Crippen LogP) is 1.54. The number of aryl methyl sites for hydroxylation is 2. The third-order valence-corrected chi connectivity index (χ3v) is 5.12. The molecule has 0 amide bonds. The van der Waals surface area contributed by atoms with Crippen molar-refractivity contribution in [3.8, 4) is 0 Å². The number of nitrogens with one attached hydrogen (secondary N) is 2. The maximum Gasteiger partial charge on any atom is 0.273 e. The number of thiophene rings is 1. The highest BCUT2D eigenvalue weighted by atomic mass is 32.2. The second-order valence-electron chi connectivity index (χ2n) is 3.42. The standard InChI is InChI=1S/C9H12N4O2S2/c1-3-7-4-5-8(16-7)17(14,15)13-9-10-6(2)11-12-9/h4-5H,3H2,1-2H3,(H2,10,11,12,13). The average Bonchev–Trinajstić information content (AvgIpc) is 2.86. The molecular weight excluding hydrogens is 260 g/mol. The van der Waals surface area contributed by atoms with Crippen LogP contribution in [0.25, 0.3) is 0 Å². The van der Waals surface area contributed by atoms with Crippen molar-refractivity contribution in [3.05, 3.63) is 22.8 Å². The second-order valence-corrected chi connectivity index (χ2v) is 6.50. The van der Waals surface area contributed by atoms with E-state index in [0.717, 1.165) is 11.3 Å². The fraction of sp³-hybridized carbons (Fsp3) is 0.333. The fourth-order valence-electron chi connectivity index (χ4n) is 1.25. The van der Waals surface area contributed by atoms with Crippen molar-refractivity contribution in [1.29, 1.82) is 0 Å². The highest BCUT2D eigenvalue weighted by Gasteiger charge is 2.18. The van der Waals surface area contributed by atoms with Gasteiger partial charge in [0, 0.05) is 4.88 Å². The minimum Gasteiger partial charge on any atom is -0.261 e. The van der Waals surface area contributed by atoms with E-state index in [1.54, 1.807) is 13.0 Å². The van der Waals surface area contributed by atoms with Crippen molar-refractivity contribution in [2.45, 2.75) is 24.5 Å². The first-order valence-corrected chi connectivity index (χ1v) is 7.32. The van der Waals surface area contributed by atoms with Gasteiger partial charge in [-0.15, -0.1) is 16.4 Å². The van der Waals surface area contributed by atoms with E-state index in [4.69, 9.17) is 0 Å². The number of aromatic nitrogens is 3. The van der Waals surface area contributed by atoms with Gasteiger partial charge in [0.1, 0.15) is 10.0 Å². The molecule has 0 saturated heterocycles. The maximum absolute atomic E-state index is 11.9. The average molecular weight is 272 g/mol. The fourth-order valence-corrected chi connectivity index (χ4v) is 3.49. The monoisotopic (exact) mass is 272 g/mol. The van der Waals surface area contributed by atoms with Gasteiger partial charge in [0.25, 0.3) is 16.0 Å². The zero-order valence-electron chi connectivity index (χ0n) is 9.39. The normalized spacial score (nSPS) is 11.6. The third kappa shape index (κ3) is 2.64. The van der Waals surface area contributed by atoms with Crippen molar-refractivity contribution >= 4 is 27.3 Å². The molecule has 0 unspecified atom stereocenters. The Morgan fingerprint density at radius 2 is 2.24 bits per heavy atom. The second kappa shape index (κ2) is 4.46. The van der Waals surface area contributed by atoms with Gasteiger partial charge < -0.3 is 0 Å². The van der Waals surface area contributed by atoms with Crippen LogP contribution in [0.3, 0.4) is 0 Å². The molecule has 0 aliphatic rings. The minimum atomic E-state index is -3.57. The van der Waals surface area contributed by atoms with E-state index in [0.29, 0.717) is 5.82 Å². The number of aromatic amines is 1. The summed E-state index contributed by atoms with van der Waals surface area (Å²) in [6.45, 7) is 3.68. The third-order valence-electron chi connectivity index (χ3n) is 2.07. The smallest absolute Gasteiger partial charge is 0.261 e. The quantitative estimate of drug-likeness (QED) is 0.883. The Bertz CT molecular complexity index is 614. The molecule has 6 nitrogen and oxygen atoms in total. The van der Waals surface area contributed by atoms with E-state index in [-0.39, 0.29) is 10.2 Å². The van der Waals surface area contributed by atoms with Crippen molar-refractivity contribution in [1.82, 2.24) is 15.2 Å². The van der Waals surface area contributed by atoms with Crippen molar-refractivity contribution < 1.29 is 8.42 Å². The summed E-state index contributed by atoms with van der Waals surface area (Å²) in [5.74, 6) is 0.622. The van der Waals surface area contributed by atoms with Gasteiger partial charge in [0.15, 0.2) is 0 Å². The van der Waals surface area contributed by atoms with Crippen LogP contribution in [0.1, 0.15) is 17.6 Å². The summed E-state index contributed by atoms with van der Waals surface area (Å²) < 4.78 is 26.5. The lowest BCUT2D eigenvalue weighted by Gasteiger charge is -2.00. The Morgan fingerprint density at radius 3 is 2.76 bits per heavy atom. The zero-order valence-corrected chi connectivity index (χ0v) is 11.0. The summed E-state index contributed by atoms with van der Waals surface area (Å²) in [7, 11) is -3.57. The first kappa shape index (κ1) is 12.1. The Labute approximate surface area is 103 Å². The van der Waals surface area contributed by atoms with Gasteiger partial charge in [-0.3, -0.25) is 5.10 Å². The van der Waals surface area contributed by atoms with E-state index >= 15 is 0 Å². The highest BCUT2D eigenvalue weighted by molar-refractivity contribution is 7.94. The Hall–Kier alpha value is -1.41. The van der Waals surface area contributed by atoms with Crippen LogP contribution in [-0.2, 0) is 16.4 Å². The highest BCUT2D eigenvalue weighted by Crippen LogP contribution is 2.23. The maximum atomic E-state index is 11.9. The molecule has 0 saturated carbocycles. The molecule has 2 aromatic rings. The first-order chi connectivity index (χ1) is 8.01. The molecule has 2 rings (SSSR count). The number of rotatable bonds is 4. The van der Waals surface area contributed by atoms with Gasteiger partial charge in [-0.25, -0.2) is 13.1 Å². The Balaban J connectivity index is 2.24. The molecule has 0 radical (unpaired) electrons. The summed E-state index contributed by atoms with van der Waals surface area (Å²) in [5, 5.41) is 6.31. The summed E-state index contributed by atoms with van der Waals surface area (Å²) in [4.78, 5) is 4.92. The van der Waals surface area contributed by atoms with Crippen LogP contribution in [-0.4, -0.2) is 23.6 Å². The molecule has 0 spiro atoms. The van der Waals surface area contributed by atoms with Crippen molar-refractivity contribution in [2.75, 3.05) is 4.72 Å². The van der Waals surface area contributed by atoms with E-state index in [9.17, 15) is 8.42 Å². The van der Waals surface area contributed by atoms with Gasteiger partial charge >= 0.3 is 0 Å². The molecule has 2 N–H and O–H groups in total. The number of sulfonamides is 1. The van der Waals surface area contributed by atoms with Gasteiger partial charge in [-0.1, -0.05) is 6.92 Å². The molecule has 0 atom stereocenters. The molecule has 0 aromatic carbocycles. The van der Waals surface area contributed by atoms with E-state index in [2.05, 4.69) is 19.9 Å². The summed E-state index contributed by atoms with van der Waals surface area (Å²) >= 11 is 1.25. The van der Waals surface area contributed by atoms with Gasteiger partial charge in [-0.2, -0.15) is 4.98 Å². The van der Waals surface area contributed by atoms with E-state index < -0.39 is 10.0 Å². The minimum absolute atomic E-state index is 0.0638. The van der Waals surface area contributed by atoms with Crippen LogP contribution in [0.4, 0.5) is 5.95 Å². The number of hydrogen-bond acceptors (Lipinski definition) is 5. The topological polar surface area (TPSA) is 87.7 Å².